The van der Waals surface area contributed by atoms with E-state index >= 15 is 0 Å². The van der Waals surface area contributed by atoms with E-state index in [1.165, 1.54) is 12.1 Å². The molecule has 6 nitrogen and oxygen atoms in total. The molecule has 0 radical (unpaired) electrons. The first-order valence-electron chi connectivity index (χ1n) is 11.3. The fourth-order valence-electron chi connectivity index (χ4n) is 4.45. The van der Waals surface area contributed by atoms with Crippen LogP contribution < -0.4 is 5.43 Å². The van der Waals surface area contributed by atoms with Crippen LogP contribution in [-0.2, 0) is 16.6 Å². The van der Waals surface area contributed by atoms with Gasteiger partial charge in [-0.3, -0.25) is 14.4 Å². The smallest absolute Gasteiger partial charge is 0.283 e. The fourth-order valence-corrected chi connectivity index (χ4v) is 6.21. The zero-order chi connectivity index (χ0) is 24.5. The number of halogens is 3. The number of hydrogen-bond acceptors (Lipinski definition) is 4. The quantitative estimate of drug-likeness (QED) is 0.498. The van der Waals surface area contributed by atoms with Gasteiger partial charge < -0.3 is 0 Å². The topological polar surface area (TPSA) is 67.2 Å². The van der Waals surface area contributed by atoms with Crippen LogP contribution in [0.1, 0.15) is 46.6 Å². The summed E-state index contributed by atoms with van der Waals surface area (Å²) in [6.45, 7) is 1.55. The molecule has 0 bridgehead atoms. The number of piperidine rings is 1. The largest absolute Gasteiger partial charge is 0.286 e. The highest BCUT2D eigenvalue weighted by Gasteiger charge is 2.32. The van der Waals surface area contributed by atoms with E-state index in [2.05, 4.69) is 10.5 Å². The second kappa shape index (κ2) is 10.2. The van der Waals surface area contributed by atoms with Gasteiger partial charge >= 0.3 is 0 Å². The van der Waals surface area contributed by atoms with Crippen LogP contribution in [0.2, 0.25) is 10.0 Å². The summed E-state index contributed by atoms with van der Waals surface area (Å²) in [6, 6.07) is 11.1. The van der Waals surface area contributed by atoms with E-state index in [9.17, 15) is 13.4 Å². The average Bonchev–Trinajstić information content (AvgIpc) is 3.20. The molecule has 1 fully saturated rings. The first-order chi connectivity index (χ1) is 16.9. The molecule has 5 rings (SSSR count). The van der Waals surface area contributed by atoms with Gasteiger partial charge in [0.25, 0.3) is 5.91 Å². The van der Waals surface area contributed by atoms with Crippen molar-refractivity contribution in [2.45, 2.75) is 25.0 Å². The third-order valence-corrected chi connectivity index (χ3v) is 7.87. The summed E-state index contributed by atoms with van der Waals surface area (Å²) in [6.07, 6.45) is 5.02. The lowest BCUT2D eigenvalue weighted by Gasteiger charge is -2.26. The molecule has 2 aliphatic heterocycles. The Kier molecular flexibility index (Phi) is 7.07. The van der Waals surface area contributed by atoms with E-state index in [1.807, 2.05) is 11.1 Å². The molecule has 1 N–H and O–H groups in total. The van der Waals surface area contributed by atoms with Crippen LogP contribution in [-0.4, -0.2) is 43.7 Å². The average molecular weight is 533 g/mol. The summed E-state index contributed by atoms with van der Waals surface area (Å²) < 4.78 is 28.0. The number of aromatic nitrogens is 2. The predicted octanol–water partition coefficient (Wildman–Crippen LogP) is 5.25. The molecule has 0 spiro atoms. The number of nitrogens with one attached hydrogen (secondary N) is 1. The third kappa shape index (κ3) is 5.21. The molecule has 35 heavy (non-hydrogen) atoms. The van der Waals surface area contributed by atoms with Crippen LogP contribution in [0.3, 0.4) is 0 Å². The van der Waals surface area contributed by atoms with Crippen molar-refractivity contribution in [3.63, 3.8) is 0 Å². The molecule has 3 heterocycles. The molecule has 3 aromatic rings. The number of hydrazine groups is 1. The normalized spacial score (nSPS) is 19.5. The Hall–Kier alpha value is -2.52. The molecule has 1 amide bonds. The van der Waals surface area contributed by atoms with E-state index in [0.717, 1.165) is 43.5 Å². The highest BCUT2D eigenvalue weighted by atomic mass is 35.5. The molecule has 1 atom stereocenters. The monoisotopic (exact) mass is 532 g/mol. The summed E-state index contributed by atoms with van der Waals surface area (Å²) in [5, 5.41) is 7.43. The van der Waals surface area contributed by atoms with Gasteiger partial charge in [-0.2, -0.15) is 5.10 Å². The standard InChI is InChI=1S/C25H23Cl2FN4O2S/c26-18-6-9-22(21(27)13-18)32-24-17(12-16-4-7-19(28)8-5-16)14-35(34)15-20(24)23(29-32)25(33)30-31-10-2-1-3-11-31/h4-9,12-13H,1-3,10-11,14-15H2,(H,30,33). The van der Waals surface area contributed by atoms with Crippen molar-refractivity contribution >= 4 is 51.6 Å². The van der Waals surface area contributed by atoms with Crippen molar-refractivity contribution in [3.8, 4) is 5.69 Å². The Balaban J connectivity index is 1.65. The van der Waals surface area contributed by atoms with Crippen LogP contribution in [0.5, 0.6) is 0 Å². The van der Waals surface area contributed by atoms with E-state index in [-0.39, 0.29) is 28.9 Å². The Morgan fingerprint density at radius 1 is 1.06 bits per heavy atom. The Morgan fingerprint density at radius 3 is 2.51 bits per heavy atom. The molecule has 2 aromatic carbocycles. The second-order valence-electron chi connectivity index (χ2n) is 8.62. The lowest BCUT2D eigenvalue weighted by atomic mass is 10.0. The highest BCUT2D eigenvalue weighted by molar-refractivity contribution is 7.84. The number of nitrogens with zero attached hydrogens (tertiary/aromatic N) is 3. The molecule has 182 valence electrons. The van der Waals surface area contributed by atoms with Crippen LogP contribution in [0.4, 0.5) is 4.39 Å². The van der Waals surface area contributed by atoms with Crippen molar-refractivity contribution in [1.82, 2.24) is 20.2 Å². The zero-order valence-corrected chi connectivity index (χ0v) is 21.1. The summed E-state index contributed by atoms with van der Waals surface area (Å²) in [7, 11) is -1.24. The van der Waals surface area contributed by atoms with Gasteiger partial charge in [0.15, 0.2) is 5.69 Å². The maximum absolute atomic E-state index is 13.5. The summed E-state index contributed by atoms with van der Waals surface area (Å²) in [4.78, 5) is 13.3. The van der Waals surface area contributed by atoms with Crippen LogP contribution in [0.15, 0.2) is 42.5 Å². The van der Waals surface area contributed by atoms with Crippen LogP contribution in [0.25, 0.3) is 17.3 Å². The number of amides is 1. The number of rotatable bonds is 4. The van der Waals surface area contributed by atoms with Gasteiger partial charge in [0, 0.05) is 34.5 Å². The van der Waals surface area contributed by atoms with Gasteiger partial charge in [-0.05, 0) is 60.4 Å². The first-order valence-corrected chi connectivity index (χ1v) is 13.6. The third-order valence-electron chi connectivity index (χ3n) is 6.09. The minimum Gasteiger partial charge on any atom is -0.283 e. The number of hydrogen-bond donors (Lipinski definition) is 1. The van der Waals surface area contributed by atoms with Crippen molar-refractivity contribution in [2.75, 3.05) is 18.8 Å². The number of carbonyl (C=O) groups is 1. The van der Waals surface area contributed by atoms with Crippen molar-refractivity contribution in [2.24, 2.45) is 0 Å². The highest BCUT2D eigenvalue weighted by Crippen LogP contribution is 2.35. The van der Waals surface area contributed by atoms with Gasteiger partial charge in [-0.1, -0.05) is 41.8 Å². The van der Waals surface area contributed by atoms with Crippen molar-refractivity contribution < 1.29 is 13.4 Å². The van der Waals surface area contributed by atoms with Crippen LogP contribution >= 0.6 is 23.2 Å². The van der Waals surface area contributed by atoms with E-state index < -0.39 is 10.8 Å². The molecule has 0 aliphatic carbocycles. The maximum atomic E-state index is 13.5. The molecule has 1 saturated heterocycles. The van der Waals surface area contributed by atoms with Crippen LogP contribution in [0, 0.1) is 5.82 Å². The predicted molar refractivity (Wildman–Crippen MR) is 137 cm³/mol. The number of fused-ring (bicyclic) bond motifs is 1. The van der Waals surface area contributed by atoms with E-state index in [4.69, 9.17) is 23.2 Å². The Morgan fingerprint density at radius 2 is 1.80 bits per heavy atom. The van der Waals surface area contributed by atoms with Gasteiger partial charge in [0.1, 0.15) is 5.82 Å². The molecule has 0 saturated carbocycles. The number of carbonyl (C=O) groups excluding carboxylic acids is 1. The summed E-state index contributed by atoms with van der Waals surface area (Å²) in [5.41, 5.74) is 6.49. The Labute approximate surface area is 215 Å². The minimum absolute atomic E-state index is 0.198. The molecular weight excluding hydrogens is 510 g/mol. The summed E-state index contributed by atoms with van der Waals surface area (Å²) >= 11 is 12.6. The van der Waals surface area contributed by atoms with Gasteiger partial charge in [0.05, 0.1) is 27.9 Å². The lowest BCUT2D eigenvalue weighted by Crippen LogP contribution is -2.45. The molecular formula is C25H23Cl2FN4O2S. The molecule has 1 unspecified atom stereocenters. The van der Waals surface area contributed by atoms with Gasteiger partial charge in [-0.15, -0.1) is 0 Å². The SMILES string of the molecule is O=C(NN1CCCCC1)c1nn(-c2ccc(Cl)cc2Cl)c2c1CS(=O)CC2=Cc1ccc(F)cc1. The maximum Gasteiger partial charge on any atom is 0.286 e. The van der Waals surface area contributed by atoms with Crippen molar-refractivity contribution in [3.05, 3.63) is 80.8 Å². The Bertz CT molecular complexity index is 1330. The fraction of sp³-hybridized carbons (Fsp3) is 0.280. The van der Waals surface area contributed by atoms with E-state index in [1.54, 1.807) is 35.0 Å². The van der Waals surface area contributed by atoms with Gasteiger partial charge in [-0.25, -0.2) is 14.1 Å². The molecule has 1 aromatic heterocycles. The molecule has 2 aliphatic rings. The molecule has 10 heteroatoms. The summed E-state index contributed by atoms with van der Waals surface area (Å²) in [5.74, 6) is -0.208. The first kappa shape index (κ1) is 24.2. The second-order valence-corrected chi connectivity index (χ2v) is 10.9. The van der Waals surface area contributed by atoms with Gasteiger partial charge in [0.2, 0.25) is 0 Å². The van der Waals surface area contributed by atoms with E-state index in [0.29, 0.717) is 27.0 Å². The number of benzene rings is 2. The lowest BCUT2D eigenvalue weighted by molar-refractivity contribution is 0.0743. The zero-order valence-electron chi connectivity index (χ0n) is 18.8. The van der Waals surface area contributed by atoms with Crippen molar-refractivity contribution in [1.29, 1.82) is 0 Å². The minimum atomic E-state index is -1.24.